The van der Waals surface area contributed by atoms with Gasteiger partial charge in [-0.25, -0.2) is 4.98 Å². The number of anilines is 1. The number of benzene rings is 2. The summed E-state index contributed by atoms with van der Waals surface area (Å²) in [6.45, 7) is 8.60. The molecule has 0 aliphatic carbocycles. The van der Waals surface area contributed by atoms with Crippen molar-refractivity contribution in [2.24, 2.45) is 0 Å². The molecule has 1 fully saturated rings. The van der Waals surface area contributed by atoms with Crippen LogP contribution in [0.15, 0.2) is 48.5 Å². The first-order valence-electron chi connectivity index (χ1n) is 12.0. The summed E-state index contributed by atoms with van der Waals surface area (Å²) in [5.74, 6) is 2.77. The molecule has 7 heteroatoms. The van der Waals surface area contributed by atoms with Crippen LogP contribution in [0.3, 0.4) is 0 Å². The fraction of sp³-hybridized carbons (Fsp3) is 0.407. The predicted molar refractivity (Wildman–Crippen MR) is 134 cm³/mol. The van der Waals surface area contributed by atoms with Crippen molar-refractivity contribution >= 4 is 5.95 Å². The smallest absolute Gasteiger partial charge is 0.229 e. The summed E-state index contributed by atoms with van der Waals surface area (Å²) in [4.78, 5) is 17.0. The first kappa shape index (κ1) is 22.6. The van der Waals surface area contributed by atoms with Crippen LogP contribution in [-0.4, -0.2) is 66.6 Å². The third-order valence-electron chi connectivity index (χ3n) is 6.68. The lowest BCUT2D eigenvalue weighted by Crippen LogP contribution is -2.45. The Kier molecular flexibility index (Phi) is 6.65. The first-order valence-corrected chi connectivity index (χ1v) is 12.0. The highest BCUT2D eigenvalue weighted by Gasteiger charge is 2.27. The molecule has 2 aromatic carbocycles. The van der Waals surface area contributed by atoms with Gasteiger partial charge in [-0.1, -0.05) is 42.0 Å². The van der Waals surface area contributed by atoms with E-state index in [4.69, 9.17) is 19.4 Å². The molecule has 7 nitrogen and oxygen atoms in total. The number of aromatic nitrogens is 2. The van der Waals surface area contributed by atoms with Gasteiger partial charge in [0.05, 0.1) is 18.4 Å². The Balaban J connectivity index is 1.46. The lowest BCUT2D eigenvalue weighted by molar-refractivity contribution is 0.237. The minimum atomic E-state index is 0.636. The number of hydrogen-bond acceptors (Lipinski definition) is 7. The summed E-state index contributed by atoms with van der Waals surface area (Å²) in [6, 6.07) is 16.5. The summed E-state index contributed by atoms with van der Waals surface area (Å²) in [7, 11) is 3.82. The van der Waals surface area contributed by atoms with E-state index in [1.54, 1.807) is 7.11 Å². The highest BCUT2D eigenvalue weighted by molar-refractivity contribution is 5.47. The van der Waals surface area contributed by atoms with Gasteiger partial charge in [-0.3, -0.25) is 4.90 Å². The highest BCUT2D eigenvalue weighted by atomic mass is 16.5. The van der Waals surface area contributed by atoms with Crippen LogP contribution in [0, 0.1) is 6.92 Å². The van der Waals surface area contributed by atoms with Crippen molar-refractivity contribution in [3.8, 4) is 17.4 Å². The SMILES string of the molecule is COc1ccccc1Oc1nc(N2CCN(C)CC2)nc2c1CN(Cc1ccc(C)cc1)CC2. The van der Waals surface area contributed by atoms with E-state index in [1.807, 2.05) is 24.3 Å². The fourth-order valence-corrected chi connectivity index (χ4v) is 4.55. The van der Waals surface area contributed by atoms with Crippen molar-refractivity contribution in [3.63, 3.8) is 0 Å². The van der Waals surface area contributed by atoms with E-state index in [2.05, 4.69) is 52.9 Å². The summed E-state index contributed by atoms with van der Waals surface area (Å²) < 4.78 is 12.0. The van der Waals surface area contributed by atoms with Crippen molar-refractivity contribution in [2.75, 3.05) is 51.8 Å². The van der Waals surface area contributed by atoms with Gasteiger partial charge in [-0.15, -0.1) is 0 Å². The summed E-state index contributed by atoms with van der Waals surface area (Å²) >= 11 is 0. The average Bonchev–Trinajstić information content (AvgIpc) is 2.86. The summed E-state index contributed by atoms with van der Waals surface area (Å²) in [6.07, 6.45) is 0.882. The first-order chi connectivity index (χ1) is 16.6. The van der Waals surface area contributed by atoms with Crippen LogP contribution >= 0.6 is 0 Å². The van der Waals surface area contributed by atoms with E-state index in [1.165, 1.54) is 11.1 Å². The standard InChI is InChI=1S/C27H33N5O2/c1-20-8-10-21(11-9-20)18-31-13-12-23-22(19-31)26(34-25-7-5-4-6-24(25)33-3)29-27(28-23)32-16-14-30(2)15-17-32/h4-11H,12-19H2,1-3H3. The van der Waals surface area contributed by atoms with Gasteiger partial charge in [-0.2, -0.15) is 4.98 Å². The van der Waals surface area contributed by atoms with E-state index >= 15 is 0 Å². The largest absolute Gasteiger partial charge is 0.493 e. The Morgan fingerprint density at radius 2 is 1.62 bits per heavy atom. The number of fused-ring (bicyclic) bond motifs is 1. The Bertz CT molecular complexity index is 1130. The third kappa shape index (κ3) is 5.00. The van der Waals surface area contributed by atoms with Crippen molar-refractivity contribution in [3.05, 3.63) is 70.9 Å². The van der Waals surface area contributed by atoms with Crippen LogP contribution in [0.4, 0.5) is 5.95 Å². The fourth-order valence-electron chi connectivity index (χ4n) is 4.55. The van der Waals surface area contributed by atoms with Gasteiger partial charge in [-0.05, 0) is 31.7 Å². The molecular formula is C27H33N5O2. The Morgan fingerprint density at radius 1 is 0.882 bits per heavy atom. The van der Waals surface area contributed by atoms with Crippen LogP contribution in [0.1, 0.15) is 22.4 Å². The molecule has 1 saturated heterocycles. The quantitative estimate of drug-likeness (QED) is 0.554. The molecule has 1 aromatic heterocycles. The van der Waals surface area contributed by atoms with E-state index < -0.39 is 0 Å². The van der Waals surface area contributed by atoms with Crippen LogP contribution in [0.5, 0.6) is 17.4 Å². The van der Waals surface area contributed by atoms with Crippen molar-refractivity contribution < 1.29 is 9.47 Å². The number of para-hydroxylation sites is 2. The molecule has 2 aliphatic rings. The number of aryl methyl sites for hydroxylation is 1. The second-order valence-electron chi connectivity index (χ2n) is 9.24. The zero-order valence-electron chi connectivity index (χ0n) is 20.3. The van der Waals surface area contributed by atoms with Crippen LogP contribution < -0.4 is 14.4 Å². The van der Waals surface area contributed by atoms with Gasteiger partial charge in [0.25, 0.3) is 0 Å². The number of methoxy groups -OCH3 is 1. The van der Waals surface area contributed by atoms with Crippen LogP contribution in [0.25, 0.3) is 0 Å². The Labute approximate surface area is 201 Å². The van der Waals surface area contributed by atoms with Crippen molar-refractivity contribution in [1.29, 1.82) is 0 Å². The summed E-state index contributed by atoms with van der Waals surface area (Å²) in [5, 5.41) is 0. The molecule has 0 unspecified atom stereocenters. The molecule has 34 heavy (non-hydrogen) atoms. The van der Waals surface area contributed by atoms with Crippen molar-refractivity contribution in [1.82, 2.24) is 19.8 Å². The normalized spacial score (nSPS) is 16.9. The molecule has 0 radical (unpaired) electrons. The second kappa shape index (κ2) is 9.99. The zero-order chi connectivity index (χ0) is 23.5. The molecule has 0 spiro atoms. The number of rotatable bonds is 6. The maximum atomic E-state index is 6.43. The van der Waals surface area contributed by atoms with Gasteiger partial charge in [0.1, 0.15) is 0 Å². The molecule has 0 amide bonds. The molecule has 178 valence electrons. The minimum absolute atomic E-state index is 0.636. The number of likely N-dealkylation sites (N-methyl/N-ethyl adjacent to an activating group) is 1. The molecule has 0 N–H and O–H groups in total. The number of ether oxygens (including phenoxy) is 2. The lowest BCUT2D eigenvalue weighted by atomic mass is 10.1. The number of hydrogen-bond donors (Lipinski definition) is 0. The molecule has 2 aliphatic heterocycles. The molecule has 0 saturated carbocycles. The van der Waals surface area contributed by atoms with E-state index in [-0.39, 0.29) is 0 Å². The van der Waals surface area contributed by atoms with Gasteiger partial charge in [0.15, 0.2) is 11.5 Å². The Morgan fingerprint density at radius 3 is 2.35 bits per heavy atom. The molecular weight excluding hydrogens is 426 g/mol. The molecule has 0 atom stereocenters. The molecule has 5 rings (SSSR count). The Hall–Kier alpha value is -3.16. The summed E-state index contributed by atoms with van der Waals surface area (Å²) in [5.41, 5.74) is 4.76. The van der Waals surface area contributed by atoms with Gasteiger partial charge in [0.2, 0.25) is 11.8 Å². The highest BCUT2D eigenvalue weighted by Crippen LogP contribution is 2.35. The average molecular weight is 460 g/mol. The van der Waals surface area contributed by atoms with Gasteiger partial charge >= 0.3 is 0 Å². The molecule has 3 aromatic rings. The van der Waals surface area contributed by atoms with E-state index in [0.717, 1.165) is 69.4 Å². The van der Waals surface area contributed by atoms with E-state index in [0.29, 0.717) is 17.4 Å². The minimum Gasteiger partial charge on any atom is -0.493 e. The number of piperazine rings is 1. The topological polar surface area (TPSA) is 54.0 Å². The maximum absolute atomic E-state index is 6.43. The van der Waals surface area contributed by atoms with Crippen molar-refractivity contribution in [2.45, 2.75) is 26.4 Å². The number of nitrogens with zero attached hydrogens (tertiary/aromatic N) is 5. The van der Waals surface area contributed by atoms with Crippen LogP contribution in [0.2, 0.25) is 0 Å². The van der Waals surface area contributed by atoms with Gasteiger partial charge < -0.3 is 19.3 Å². The zero-order valence-corrected chi connectivity index (χ0v) is 20.3. The monoisotopic (exact) mass is 459 g/mol. The second-order valence-corrected chi connectivity index (χ2v) is 9.24. The molecule has 0 bridgehead atoms. The molecule has 3 heterocycles. The predicted octanol–water partition coefficient (Wildman–Crippen LogP) is 3.90. The van der Waals surface area contributed by atoms with E-state index in [9.17, 15) is 0 Å². The van der Waals surface area contributed by atoms with Gasteiger partial charge in [0, 0.05) is 52.2 Å². The lowest BCUT2D eigenvalue weighted by Gasteiger charge is -2.34. The third-order valence-corrected chi connectivity index (χ3v) is 6.68. The van der Waals surface area contributed by atoms with Crippen LogP contribution in [-0.2, 0) is 19.5 Å². The maximum Gasteiger partial charge on any atom is 0.229 e.